The van der Waals surface area contributed by atoms with Crippen LogP contribution >= 0.6 is 0 Å². The maximum atomic E-state index is 12.9. The van der Waals surface area contributed by atoms with Gasteiger partial charge in [0, 0.05) is 5.56 Å². The zero-order valence-corrected chi connectivity index (χ0v) is 13.0. The summed E-state index contributed by atoms with van der Waals surface area (Å²) in [6, 6.07) is 5.96. The van der Waals surface area contributed by atoms with Crippen LogP contribution < -0.4 is 5.32 Å². The van der Waals surface area contributed by atoms with Gasteiger partial charge in [-0.2, -0.15) is 13.2 Å². The highest BCUT2D eigenvalue weighted by Crippen LogP contribution is 2.29. The Hall–Kier alpha value is -2.05. The summed E-state index contributed by atoms with van der Waals surface area (Å²) in [5.74, 6) is -3.88. The molecule has 23 heavy (non-hydrogen) atoms. The number of hydrogen-bond donors (Lipinski definition) is 1. The topological polar surface area (TPSA) is 55.4 Å². The molecule has 1 aromatic rings. The Morgan fingerprint density at radius 2 is 1.83 bits per heavy atom. The SMILES string of the molecule is CCCCOC(=O)C(NC(=O)c1ccccc1)C(C)C(F)(F)F. The average molecular weight is 331 g/mol. The van der Waals surface area contributed by atoms with Crippen LogP contribution in [-0.4, -0.2) is 30.7 Å². The van der Waals surface area contributed by atoms with Gasteiger partial charge in [0.05, 0.1) is 12.5 Å². The quantitative estimate of drug-likeness (QED) is 0.616. The van der Waals surface area contributed by atoms with Gasteiger partial charge >= 0.3 is 12.1 Å². The molecule has 0 spiro atoms. The van der Waals surface area contributed by atoms with Crippen LogP contribution in [0, 0.1) is 5.92 Å². The second-order valence-electron chi connectivity index (χ2n) is 5.17. The molecule has 7 heteroatoms. The Morgan fingerprint density at radius 1 is 1.22 bits per heavy atom. The lowest BCUT2D eigenvalue weighted by molar-refractivity contribution is -0.186. The van der Waals surface area contributed by atoms with E-state index in [1.165, 1.54) is 12.1 Å². The molecule has 0 heterocycles. The fourth-order valence-electron chi connectivity index (χ4n) is 1.80. The molecule has 1 amide bonds. The molecule has 2 atom stereocenters. The van der Waals surface area contributed by atoms with Crippen molar-refractivity contribution in [3.8, 4) is 0 Å². The second-order valence-corrected chi connectivity index (χ2v) is 5.17. The van der Waals surface area contributed by atoms with Crippen molar-refractivity contribution in [1.29, 1.82) is 0 Å². The molecule has 0 saturated heterocycles. The average Bonchev–Trinajstić information content (AvgIpc) is 2.51. The molecule has 2 unspecified atom stereocenters. The summed E-state index contributed by atoms with van der Waals surface area (Å²) >= 11 is 0. The fourth-order valence-corrected chi connectivity index (χ4v) is 1.80. The number of carbonyl (C=O) groups is 2. The molecule has 128 valence electrons. The minimum atomic E-state index is -4.63. The molecule has 0 saturated carbocycles. The monoisotopic (exact) mass is 331 g/mol. The van der Waals surface area contributed by atoms with E-state index in [0.717, 1.165) is 13.3 Å². The predicted molar refractivity (Wildman–Crippen MR) is 78.8 cm³/mol. The normalized spacial score (nSPS) is 14.0. The van der Waals surface area contributed by atoms with E-state index in [1.54, 1.807) is 18.2 Å². The molecule has 0 fully saturated rings. The van der Waals surface area contributed by atoms with Crippen LogP contribution in [0.3, 0.4) is 0 Å². The highest BCUT2D eigenvalue weighted by atomic mass is 19.4. The standard InChI is InChI=1S/C16H20F3NO3/c1-3-4-10-23-15(22)13(11(2)16(17,18)19)20-14(21)12-8-6-5-7-9-12/h5-9,11,13H,3-4,10H2,1-2H3,(H,20,21). The highest BCUT2D eigenvalue weighted by Gasteiger charge is 2.45. The van der Waals surface area contributed by atoms with Gasteiger partial charge in [0.15, 0.2) is 0 Å². The van der Waals surface area contributed by atoms with E-state index in [4.69, 9.17) is 4.74 Å². The molecule has 1 aromatic carbocycles. The first-order chi connectivity index (χ1) is 10.8. The van der Waals surface area contributed by atoms with Crippen LogP contribution in [0.2, 0.25) is 0 Å². The lowest BCUT2D eigenvalue weighted by atomic mass is 10.0. The second kappa shape index (κ2) is 8.55. The van der Waals surface area contributed by atoms with E-state index in [1.807, 2.05) is 6.92 Å². The summed E-state index contributed by atoms with van der Waals surface area (Å²) in [4.78, 5) is 24.0. The number of hydrogen-bond acceptors (Lipinski definition) is 3. The van der Waals surface area contributed by atoms with Gasteiger partial charge in [-0.3, -0.25) is 4.79 Å². The summed E-state index contributed by atoms with van der Waals surface area (Å²) in [6.07, 6.45) is -3.34. The number of carbonyl (C=O) groups excluding carboxylic acids is 2. The Morgan fingerprint density at radius 3 is 2.35 bits per heavy atom. The fraction of sp³-hybridized carbons (Fsp3) is 0.500. The van der Waals surface area contributed by atoms with Gasteiger partial charge in [-0.25, -0.2) is 4.79 Å². The number of halogens is 3. The van der Waals surface area contributed by atoms with Gasteiger partial charge < -0.3 is 10.1 Å². The van der Waals surface area contributed by atoms with Crippen molar-refractivity contribution in [2.45, 2.75) is 38.9 Å². The third-order valence-electron chi connectivity index (χ3n) is 3.34. The minimum Gasteiger partial charge on any atom is -0.464 e. The van der Waals surface area contributed by atoms with Crippen LogP contribution in [0.4, 0.5) is 13.2 Å². The van der Waals surface area contributed by atoms with E-state index in [9.17, 15) is 22.8 Å². The third-order valence-corrected chi connectivity index (χ3v) is 3.34. The minimum absolute atomic E-state index is 0.0254. The van der Waals surface area contributed by atoms with E-state index >= 15 is 0 Å². The molecule has 1 rings (SSSR count). The number of unbranched alkanes of at least 4 members (excludes halogenated alkanes) is 1. The Bertz CT molecular complexity index is 517. The Balaban J connectivity index is 2.86. The maximum Gasteiger partial charge on any atom is 0.394 e. The van der Waals surface area contributed by atoms with Gasteiger partial charge in [-0.1, -0.05) is 38.5 Å². The lowest BCUT2D eigenvalue weighted by Crippen LogP contribution is -2.50. The van der Waals surface area contributed by atoms with E-state index in [2.05, 4.69) is 5.32 Å². The predicted octanol–water partition coefficient (Wildman–Crippen LogP) is 3.33. The van der Waals surface area contributed by atoms with Crippen LogP contribution in [0.25, 0.3) is 0 Å². The Kier molecular flexibility index (Phi) is 7.06. The zero-order valence-electron chi connectivity index (χ0n) is 13.0. The van der Waals surface area contributed by atoms with Gasteiger partial charge in [-0.15, -0.1) is 0 Å². The number of ether oxygens (including phenoxy) is 1. The van der Waals surface area contributed by atoms with E-state index < -0.39 is 30.0 Å². The summed E-state index contributed by atoms with van der Waals surface area (Å²) in [7, 11) is 0. The van der Waals surface area contributed by atoms with Crippen molar-refractivity contribution in [3.63, 3.8) is 0 Å². The van der Waals surface area contributed by atoms with Crippen molar-refractivity contribution in [3.05, 3.63) is 35.9 Å². The Labute approximate surface area is 133 Å². The van der Waals surface area contributed by atoms with Crippen molar-refractivity contribution >= 4 is 11.9 Å². The molecule has 0 aliphatic rings. The molecule has 0 aliphatic heterocycles. The summed E-state index contributed by atoms with van der Waals surface area (Å²) in [5, 5.41) is 2.13. The van der Waals surface area contributed by atoms with Crippen LogP contribution in [0.1, 0.15) is 37.0 Å². The molecule has 0 bridgehead atoms. The smallest absolute Gasteiger partial charge is 0.394 e. The third kappa shape index (κ3) is 5.92. The van der Waals surface area contributed by atoms with Gasteiger partial charge in [0.2, 0.25) is 0 Å². The largest absolute Gasteiger partial charge is 0.464 e. The summed E-state index contributed by atoms with van der Waals surface area (Å²) < 4.78 is 43.7. The molecule has 0 aliphatic carbocycles. The van der Waals surface area contributed by atoms with E-state index in [-0.39, 0.29) is 12.2 Å². The van der Waals surface area contributed by atoms with Gasteiger partial charge in [-0.05, 0) is 18.6 Å². The molecule has 0 radical (unpaired) electrons. The summed E-state index contributed by atoms with van der Waals surface area (Å²) in [5.41, 5.74) is 0.174. The van der Waals surface area contributed by atoms with Crippen LogP contribution in [-0.2, 0) is 9.53 Å². The first-order valence-electron chi connectivity index (χ1n) is 7.36. The van der Waals surface area contributed by atoms with Crippen molar-refractivity contribution in [2.24, 2.45) is 5.92 Å². The van der Waals surface area contributed by atoms with Crippen molar-refractivity contribution in [1.82, 2.24) is 5.32 Å². The van der Waals surface area contributed by atoms with Crippen molar-refractivity contribution < 1.29 is 27.5 Å². The van der Waals surface area contributed by atoms with Crippen LogP contribution in [0.15, 0.2) is 30.3 Å². The van der Waals surface area contributed by atoms with E-state index in [0.29, 0.717) is 6.42 Å². The molecule has 0 aromatic heterocycles. The molecular formula is C16H20F3NO3. The molecular weight excluding hydrogens is 311 g/mol. The van der Waals surface area contributed by atoms with Gasteiger partial charge in [0.25, 0.3) is 5.91 Å². The number of amides is 1. The number of esters is 1. The zero-order chi connectivity index (χ0) is 17.5. The molecule has 1 N–H and O–H groups in total. The van der Waals surface area contributed by atoms with Crippen LogP contribution in [0.5, 0.6) is 0 Å². The highest BCUT2D eigenvalue weighted by molar-refractivity contribution is 5.96. The maximum absolute atomic E-state index is 12.9. The number of benzene rings is 1. The number of rotatable bonds is 7. The lowest BCUT2D eigenvalue weighted by Gasteiger charge is -2.25. The summed E-state index contributed by atoms with van der Waals surface area (Å²) in [6.45, 7) is 2.73. The number of alkyl halides is 3. The molecule has 4 nitrogen and oxygen atoms in total. The number of nitrogens with one attached hydrogen (secondary N) is 1. The van der Waals surface area contributed by atoms with Crippen molar-refractivity contribution in [2.75, 3.05) is 6.61 Å². The van der Waals surface area contributed by atoms with Gasteiger partial charge in [0.1, 0.15) is 6.04 Å². The first kappa shape index (κ1) is 19.0. The first-order valence-corrected chi connectivity index (χ1v) is 7.36.